The van der Waals surface area contributed by atoms with Crippen LogP contribution in [0.25, 0.3) is 10.9 Å². The van der Waals surface area contributed by atoms with Crippen molar-refractivity contribution < 1.29 is 13.6 Å². The summed E-state index contributed by atoms with van der Waals surface area (Å²) in [5.41, 5.74) is 3.06. The second-order valence-corrected chi connectivity index (χ2v) is 8.72. The van der Waals surface area contributed by atoms with Crippen LogP contribution in [0.3, 0.4) is 0 Å². The van der Waals surface area contributed by atoms with Gasteiger partial charge in [-0.25, -0.2) is 8.78 Å². The largest absolute Gasteiger partial charge is 0.299 e. The molecule has 0 amide bonds. The van der Waals surface area contributed by atoms with Crippen molar-refractivity contribution in [3.8, 4) is 0 Å². The van der Waals surface area contributed by atoms with Crippen LogP contribution in [0.2, 0.25) is 0 Å². The number of nitrogens with zero attached hydrogens (tertiary/aromatic N) is 1. The molecule has 0 bridgehead atoms. The van der Waals surface area contributed by atoms with Gasteiger partial charge in [0.2, 0.25) is 0 Å². The molecule has 2 aliphatic rings. The molecule has 2 fully saturated rings. The maximum Gasteiger partial charge on any atom is 0.140 e. The summed E-state index contributed by atoms with van der Waals surface area (Å²) in [7, 11) is 0. The molecule has 0 unspecified atom stereocenters. The molecule has 3 aromatic rings. The van der Waals surface area contributed by atoms with Crippen molar-refractivity contribution in [2.45, 2.75) is 44.4 Å². The Hall–Kier alpha value is -2.62. The Balaban J connectivity index is 1.26. The third kappa shape index (κ3) is 3.45. The SMILES string of the molecule is O=C(Cc1ccc(F)cc1)[C@H]1CC12CCC(c1ccnc3ccc(F)cc13)CC2. The monoisotopic (exact) mass is 391 g/mol. The first-order valence-electron chi connectivity index (χ1n) is 10.4. The number of pyridine rings is 1. The van der Waals surface area contributed by atoms with Crippen molar-refractivity contribution in [3.05, 3.63) is 77.5 Å². The van der Waals surface area contributed by atoms with E-state index in [1.54, 1.807) is 24.3 Å². The number of fused-ring (bicyclic) bond motifs is 1. The minimum Gasteiger partial charge on any atom is -0.299 e. The summed E-state index contributed by atoms with van der Waals surface area (Å²) in [6.07, 6.45) is 7.31. The summed E-state index contributed by atoms with van der Waals surface area (Å²) in [6, 6.07) is 13.0. The third-order valence-corrected chi connectivity index (χ3v) is 7.03. The van der Waals surface area contributed by atoms with E-state index >= 15 is 0 Å². The van der Waals surface area contributed by atoms with Gasteiger partial charge in [0.1, 0.15) is 17.4 Å². The van der Waals surface area contributed by atoms with Crippen molar-refractivity contribution >= 4 is 16.7 Å². The Morgan fingerprint density at radius 3 is 2.48 bits per heavy atom. The van der Waals surface area contributed by atoms with Crippen LogP contribution in [-0.2, 0) is 11.2 Å². The molecular weight excluding hydrogens is 368 g/mol. The summed E-state index contributed by atoms with van der Waals surface area (Å²) in [5, 5.41) is 0.910. The normalized spacial score (nSPS) is 26.0. The number of ketones is 1. The number of halogens is 2. The lowest BCUT2D eigenvalue weighted by molar-refractivity contribution is -0.120. The van der Waals surface area contributed by atoms with E-state index < -0.39 is 0 Å². The number of hydrogen-bond acceptors (Lipinski definition) is 2. The maximum atomic E-state index is 13.8. The molecule has 0 aliphatic heterocycles. The summed E-state index contributed by atoms with van der Waals surface area (Å²) in [4.78, 5) is 17.1. The molecule has 2 aliphatic carbocycles. The van der Waals surface area contributed by atoms with Crippen LogP contribution < -0.4 is 0 Å². The van der Waals surface area contributed by atoms with E-state index in [-0.39, 0.29) is 28.8 Å². The number of rotatable bonds is 4. The summed E-state index contributed by atoms with van der Waals surface area (Å²) < 4.78 is 26.8. The molecule has 5 rings (SSSR count). The first-order valence-corrected chi connectivity index (χ1v) is 10.4. The van der Waals surface area contributed by atoms with Gasteiger partial charge in [-0.15, -0.1) is 0 Å². The highest BCUT2D eigenvalue weighted by Gasteiger charge is 2.57. The molecule has 0 saturated heterocycles. The highest BCUT2D eigenvalue weighted by molar-refractivity contribution is 5.87. The smallest absolute Gasteiger partial charge is 0.140 e. The van der Waals surface area contributed by atoms with Gasteiger partial charge in [0.05, 0.1) is 5.52 Å². The quantitative estimate of drug-likeness (QED) is 0.547. The molecule has 29 heavy (non-hydrogen) atoms. The van der Waals surface area contributed by atoms with E-state index in [1.807, 2.05) is 12.3 Å². The minimum atomic E-state index is -0.272. The fourth-order valence-electron chi connectivity index (χ4n) is 5.28. The predicted octanol–water partition coefficient (Wildman–Crippen LogP) is 5.99. The zero-order valence-corrected chi connectivity index (χ0v) is 16.2. The van der Waals surface area contributed by atoms with Crippen LogP contribution in [0, 0.1) is 23.0 Å². The highest BCUT2D eigenvalue weighted by Crippen LogP contribution is 2.63. The summed E-state index contributed by atoms with van der Waals surface area (Å²) in [6.45, 7) is 0. The first kappa shape index (κ1) is 18.4. The number of benzene rings is 2. The zero-order valence-electron chi connectivity index (χ0n) is 16.2. The third-order valence-electron chi connectivity index (χ3n) is 7.03. The minimum absolute atomic E-state index is 0.139. The molecular formula is C25H23F2NO. The average Bonchev–Trinajstić information content (AvgIpc) is 3.43. The van der Waals surface area contributed by atoms with Crippen LogP contribution in [0.1, 0.15) is 49.1 Å². The fourth-order valence-corrected chi connectivity index (χ4v) is 5.28. The molecule has 1 spiro atoms. The lowest BCUT2D eigenvalue weighted by Gasteiger charge is -2.30. The molecule has 4 heteroatoms. The molecule has 1 aromatic heterocycles. The van der Waals surface area contributed by atoms with Crippen molar-refractivity contribution in [1.29, 1.82) is 0 Å². The number of Topliss-reactive ketones (excluding diaryl/α,β-unsaturated/α-hetero) is 1. The lowest BCUT2D eigenvalue weighted by Crippen LogP contribution is -2.20. The van der Waals surface area contributed by atoms with Crippen molar-refractivity contribution in [3.63, 3.8) is 0 Å². The van der Waals surface area contributed by atoms with E-state index in [0.717, 1.165) is 48.6 Å². The number of carbonyl (C=O) groups is 1. The molecule has 1 heterocycles. The van der Waals surface area contributed by atoms with Gasteiger partial charge in [0.15, 0.2) is 0 Å². The Labute approximate surface area is 169 Å². The molecule has 148 valence electrons. The Morgan fingerprint density at radius 2 is 1.72 bits per heavy atom. The Bertz CT molecular complexity index is 1070. The van der Waals surface area contributed by atoms with Crippen LogP contribution in [0.5, 0.6) is 0 Å². The average molecular weight is 391 g/mol. The second-order valence-electron chi connectivity index (χ2n) is 8.72. The number of carbonyl (C=O) groups excluding carboxylic acids is 1. The number of hydrogen-bond donors (Lipinski definition) is 0. The Kier molecular flexibility index (Phi) is 4.45. The van der Waals surface area contributed by atoms with Gasteiger partial charge in [0, 0.05) is 23.9 Å². The summed E-state index contributed by atoms with van der Waals surface area (Å²) >= 11 is 0. The standard InChI is InChI=1S/C25H23F2NO/c26-18-3-1-16(2-4-18)13-24(29)22-15-25(22)10-7-17(8-11-25)20-9-12-28-23-6-5-19(27)14-21(20)23/h1-6,9,12,14,17,22H,7-8,10-11,13,15H2/t17?,22-,25?/m1/s1. The number of aromatic nitrogens is 1. The molecule has 1 atom stereocenters. The van der Waals surface area contributed by atoms with Gasteiger partial charge < -0.3 is 0 Å². The van der Waals surface area contributed by atoms with Crippen LogP contribution in [0.15, 0.2) is 54.7 Å². The van der Waals surface area contributed by atoms with E-state index in [4.69, 9.17) is 0 Å². The molecule has 0 radical (unpaired) electrons. The van der Waals surface area contributed by atoms with E-state index in [0.29, 0.717) is 12.3 Å². The van der Waals surface area contributed by atoms with E-state index in [9.17, 15) is 13.6 Å². The maximum absolute atomic E-state index is 13.8. The van der Waals surface area contributed by atoms with E-state index in [1.165, 1.54) is 23.8 Å². The predicted molar refractivity (Wildman–Crippen MR) is 109 cm³/mol. The van der Waals surface area contributed by atoms with E-state index in [2.05, 4.69) is 4.98 Å². The van der Waals surface area contributed by atoms with Crippen molar-refractivity contribution in [1.82, 2.24) is 4.98 Å². The van der Waals surface area contributed by atoms with Gasteiger partial charge in [0.25, 0.3) is 0 Å². The Morgan fingerprint density at radius 1 is 1.00 bits per heavy atom. The first-order chi connectivity index (χ1) is 14.0. The lowest BCUT2D eigenvalue weighted by atomic mass is 9.74. The molecule has 2 nitrogen and oxygen atoms in total. The van der Waals surface area contributed by atoms with Gasteiger partial charge >= 0.3 is 0 Å². The van der Waals surface area contributed by atoms with Crippen molar-refractivity contribution in [2.75, 3.05) is 0 Å². The topological polar surface area (TPSA) is 30.0 Å². The highest BCUT2D eigenvalue weighted by atomic mass is 19.1. The molecule has 2 saturated carbocycles. The van der Waals surface area contributed by atoms with Gasteiger partial charge in [-0.3, -0.25) is 9.78 Å². The van der Waals surface area contributed by atoms with Gasteiger partial charge in [-0.05, 0) is 91.0 Å². The molecule has 0 N–H and O–H groups in total. The summed E-state index contributed by atoms with van der Waals surface area (Å²) in [5.74, 6) is 0.312. The van der Waals surface area contributed by atoms with Gasteiger partial charge in [-0.2, -0.15) is 0 Å². The fraction of sp³-hybridized carbons (Fsp3) is 0.360. The molecule has 2 aromatic carbocycles. The van der Waals surface area contributed by atoms with Crippen molar-refractivity contribution in [2.24, 2.45) is 11.3 Å². The second kappa shape index (κ2) is 7.01. The van der Waals surface area contributed by atoms with Crippen LogP contribution >= 0.6 is 0 Å². The zero-order chi connectivity index (χ0) is 20.0. The van der Waals surface area contributed by atoms with Gasteiger partial charge in [-0.1, -0.05) is 12.1 Å². The van der Waals surface area contributed by atoms with Crippen LogP contribution in [0.4, 0.5) is 8.78 Å². The van der Waals surface area contributed by atoms with Crippen LogP contribution in [-0.4, -0.2) is 10.8 Å².